The van der Waals surface area contributed by atoms with E-state index in [2.05, 4.69) is 28.6 Å². The van der Waals surface area contributed by atoms with Gasteiger partial charge in [0.25, 0.3) is 0 Å². The van der Waals surface area contributed by atoms with Crippen molar-refractivity contribution in [1.29, 1.82) is 0 Å². The van der Waals surface area contributed by atoms with Gasteiger partial charge >= 0.3 is 11.9 Å². The quantitative estimate of drug-likeness (QED) is 0.0812. The maximum atomic E-state index is 12.7. The maximum Gasteiger partial charge on any atom is 0.327 e. The normalized spacial score (nSPS) is 15.5. The molecule has 0 aromatic rings. The zero-order valence-corrected chi connectivity index (χ0v) is 18.7. The van der Waals surface area contributed by atoms with Gasteiger partial charge in [0.2, 0.25) is 17.7 Å². The largest absolute Gasteiger partial charge is 0.481 e. The van der Waals surface area contributed by atoms with Crippen LogP contribution in [0.2, 0.25) is 0 Å². The van der Waals surface area contributed by atoms with Gasteiger partial charge < -0.3 is 42.7 Å². The summed E-state index contributed by atoms with van der Waals surface area (Å²) >= 11 is 3.82. The number of hydrogen-bond acceptors (Lipinski definition) is 9. The molecule has 0 aliphatic carbocycles. The standard InChI is InChI=1S/C18H33N5O8S/c1-9(24)14(17(29)22-12(8-32)18(30)31)23-16(28)11(5-6-13(25)26)21-15(27)10(20)4-2-3-7-19/h9-12,14,24,32H,2-8,19-20H2,1H3,(H,21,27)(H,22,29)(H,23,28)(H,25,26)(H,30,31). The number of carboxylic acids is 2. The van der Waals surface area contributed by atoms with E-state index in [1.807, 2.05) is 0 Å². The van der Waals surface area contributed by atoms with Crippen LogP contribution in [0.1, 0.15) is 39.0 Å². The zero-order valence-electron chi connectivity index (χ0n) is 17.8. The molecule has 32 heavy (non-hydrogen) atoms. The first kappa shape index (κ1) is 29.6. The first-order valence-electron chi connectivity index (χ1n) is 10.0. The number of amides is 3. The number of nitrogens with one attached hydrogen (secondary N) is 3. The fourth-order valence-corrected chi connectivity index (χ4v) is 2.81. The summed E-state index contributed by atoms with van der Waals surface area (Å²) < 4.78 is 0. The Labute approximate surface area is 191 Å². The summed E-state index contributed by atoms with van der Waals surface area (Å²) in [5, 5.41) is 34.6. The van der Waals surface area contributed by atoms with E-state index in [0.29, 0.717) is 25.8 Å². The molecule has 0 fully saturated rings. The van der Waals surface area contributed by atoms with Crippen LogP contribution in [0.4, 0.5) is 0 Å². The van der Waals surface area contributed by atoms with Gasteiger partial charge in [-0.05, 0) is 32.7 Å². The smallest absolute Gasteiger partial charge is 0.327 e. The van der Waals surface area contributed by atoms with Gasteiger partial charge in [0, 0.05) is 12.2 Å². The molecule has 5 atom stereocenters. The molecule has 0 rings (SSSR count). The van der Waals surface area contributed by atoms with Gasteiger partial charge in [-0.25, -0.2) is 4.79 Å². The monoisotopic (exact) mass is 479 g/mol. The SMILES string of the molecule is CC(O)C(NC(=O)C(CCC(=O)O)NC(=O)C(N)CCCCN)C(=O)NC(CS)C(=O)O. The minimum atomic E-state index is -1.56. The molecule has 0 heterocycles. The average molecular weight is 480 g/mol. The molecule has 0 radical (unpaired) electrons. The summed E-state index contributed by atoms with van der Waals surface area (Å²) in [6.45, 7) is 1.62. The summed E-state index contributed by atoms with van der Waals surface area (Å²) in [6, 6.07) is -5.23. The lowest BCUT2D eigenvalue weighted by molar-refractivity contribution is -0.142. The van der Waals surface area contributed by atoms with E-state index in [0.717, 1.165) is 0 Å². The molecule has 13 nitrogen and oxygen atoms in total. The second kappa shape index (κ2) is 15.4. The zero-order chi connectivity index (χ0) is 24.8. The highest BCUT2D eigenvalue weighted by Crippen LogP contribution is 2.04. The number of carboxylic acid groups (broad SMARTS) is 2. The third kappa shape index (κ3) is 11.3. The van der Waals surface area contributed by atoms with Crippen molar-refractivity contribution in [3.05, 3.63) is 0 Å². The molecule has 0 saturated heterocycles. The molecule has 0 aliphatic heterocycles. The minimum Gasteiger partial charge on any atom is -0.481 e. The van der Waals surface area contributed by atoms with Crippen molar-refractivity contribution in [1.82, 2.24) is 16.0 Å². The lowest BCUT2D eigenvalue weighted by Gasteiger charge is -2.26. The van der Waals surface area contributed by atoms with Crippen molar-refractivity contribution in [3.63, 3.8) is 0 Å². The number of aliphatic hydroxyl groups is 1. The molecule has 0 aromatic heterocycles. The van der Waals surface area contributed by atoms with E-state index >= 15 is 0 Å². The third-order valence-electron chi connectivity index (χ3n) is 4.45. The van der Waals surface area contributed by atoms with Crippen LogP contribution in [0.3, 0.4) is 0 Å². The van der Waals surface area contributed by atoms with Crippen molar-refractivity contribution in [2.45, 2.75) is 69.3 Å². The number of aliphatic hydroxyl groups excluding tert-OH is 1. The summed E-state index contributed by atoms with van der Waals surface area (Å²) in [5.41, 5.74) is 11.2. The molecule has 0 aromatic carbocycles. The van der Waals surface area contributed by atoms with Gasteiger partial charge in [-0.3, -0.25) is 19.2 Å². The number of hydrogen-bond donors (Lipinski definition) is 9. The molecule has 10 N–H and O–H groups in total. The highest BCUT2D eigenvalue weighted by atomic mass is 32.1. The van der Waals surface area contributed by atoms with E-state index < -0.39 is 66.4 Å². The molecule has 0 spiro atoms. The van der Waals surface area contributed by atoms with Gasteiger partial charge in [-0.1, -0.05) is 6.42 Å². The van der Waals surface area contributed by atoms with E-state index in [4.69, 9.17) is 21.7 Å². The van der Waals surface area contributed by atoms with Gasteiger partial charge in [-0.15, -0.1) is 0 Å². The van der Waals surface area contributed by atoms with Crippen LogP contribution in [0, 0.1) is 0 Å². The molecule has 0 saturated carbocycles. The topological polar surface area (TPSA) is 234 Å². The Morgan fingerprint density at radius 3 is 1.97 bits per heavy atom. The number of unbranched alkanes of at least 4 members (excludes halogenated alkanes) is 1. The summed E-state index contributed by atoms with van der Waals surface area (Å²) in [7, 11) is 0. The Morgan fingerprint density at radius 1 is 0.906 bits per heavy atom. The Bertz CT molecular complexity index is 663. The van der Waals surface area contributed by atoms with Gasteiger partial charge in [0.1, 0.15) is 18.1 Å². The van der Waals surface area contributed by atoms with E-state index in [-0.39, 0.29) is 12.2 Å². The second-order valence-electron chi connectivity index (χ2n) is 7.19. The Kier molecular flexibility index (Phi) is 14.2. The first-order valence-corrected chi connectivity index (χ1v) is 10.7. The molecular weight excluding hydrogens is 446 g/mol. The fraction of sp³-hybridized carbons (Fsp3) is 0.722. The lowest BCUT2D eigenvalue weighted by Crippen LogP contribution is -2.60. The number of thiol groups is 1. The summed E-state index contributed by atoms with van der Waals surface area (Å²) in [5.74, 6) is -5.43. The van der Waals surface area contributed by atoms with Crippen molar-refractivity contribution in [2.24, 2.45) is 11.5 Å². The molecule has 184 valence electrons. The third-order valence-corrected chi connectivity index (χ3v) is 4.81. The molecule has 14 heteroatoms. The van der Waals surface area contributed by atoms with Gasteiger partial charge in [0.05, 0.1) is 12.1 Å². The van der Waals surface area contributed by atoms with Crippen LogP contribution in [0.15, 0.2) is 0 Å². The Morgan fingerprint density at radius 2 is 1.50 bits per heavy atom. The van der Waals surface area contributed by atoms with Crippen LogP contribution >= 0.6 is 12.6 Å². The van der Waals surface area contributed by atoms with Crippen LogP contribution in [0.5, 0.6) is 0 Å². The van der Waals surface area contributed by atoms with Gasteiger partial charge in [0.15, 0.2) is 0 Å². The predicted molar refractivity (Wildman–Crippen MR) is 117 cm³/mol. The fourth-order valence-electron chi connectivity index (χ4n) is 2.56. The summed E-state index contributed by atoms with van der Waals surface area (Å²) in [6.07, 6.45) is -0.661. The Balaban J connectivity index is 5.32. The predicted octanol–water partition coefficient (Wildman–Crippen LogP) is -2.84. The molecular formula is C18H33N5O8S. The first-order chi connectivity index (χ1) is 14.9. The number of carbonyl (C=O) groups is 5. The van der Waals surface area contributed by atoms with Crippen LogP contribution in [-0.2, 0) is 24.0 Å². The number of carbonyl (C=O) groups excluding carboxylic acids is 3. The molecule has 0 bridgehead atoms. The lowest BCUT2D eigenvalue weighted by atomic mass is 10.1. The van der Waals surface area contributed by atoms with Crippen molar-refractivity contribution >= 4 is 42.3 Å². The van der Waals surface area contributed by atoms with E-state index in [9.17, 15) is 29.1 Å². The summed E-state index contributed by atoms with van der Waals surface area (Å²) in [4.78, 5) is 59.4. The second-order valence-corrected chi connectivity index (χ2v) is 7.56. The van der Waals surface area contributed by atoms with Crippen molar-refractivity contribution in [3.8, 4) is 0 Å². The van der Waals surface area contributed by atoms with Crippen LogP contribution in [-0.4, -0.2) is 87.5 Å². The van der Waals surface area contributed by atoms with Gasteiger partial charge in [-0.2, -0.15) is 12.6 Å². The van der Waals surface area contributed by atoms with E-state index in [1.54, 1.807) is 0 Å². The molecule has 3 amide bonds. The van der Waals surface area contributed by atoms with Crippen molar-refractivity contribution in [2.75, 3.05) is 12.3 Å². The maximum absolute atomic E-state index is 12.7. The Hall–Kier alpha value is -2.42. The van der Waals surface area contributed by atoms with Crippen molar-refractivity contribution < 1.29 is 39.3 Å². The molecule has 5 unspecified atom stereocenters. The minimum absolute atomic E-state index is 0.235. The molecule has 0 aliphatic rings. The number of aliphatic carboxylic acids is 2. The van der Waals surface area contributed by atoms with E-state index in [1.165, 1.54) is 6.92 Å². The highest BCUT2D eigenvalue weighted by molar-refractivity contribution is 7.80. The van der Waals surface area contributed by atoms with Crippen LogP contribution in [0.25, 0.3) is 0 Å². The average Bonchev–Trinajstić information content (AvgIpc) is 2.71. The number of rotatable bonds is 16. The number of nitrogens with two attached hydrogens (primary N) is 2. The van der Waals surface area contributed by atoms with Crippen LogP contribution < -0.4 is 27.4 Å². The highest BCUT2D eigenvalue weighted by Gasteiger charge is 2.32.